The van der Waals surface area contributed by atoms with E-state index in [1.165, 1.54) is 35.3 Å². The van der Waals surface area contributed by atoms with Crippen LogP contribution >= 0.6 is 0 Å². The molecule has 4 aromatic carbocycles. The molecule has 38 heavy (non-hydrogen) atoms. The van der Waals surface area contributed by atoms with Crippen molar-refractivity contribution < 1.29 is 0 Å². The van der Waals surface area contributed by atoms with Crippen molar-refractivity contribution in [3.8, 4) is 11.1 Å². The van der Waals surface area contributed by atoms with E-state index >= 15 is 0 Å². The highest BCUT2D eigenvalue weighted by Crippen LogP contribution is 2.41. The summed E-state index contributed by atoms with van der Waals surface area (Å²) in [7, 11) is 0. The van der Waals surface area contributed by atoms with Crippen molar-refractivity contribution in [2.75, 3.05) is 18.4 Å². The fourth-order valence-electron chi connectivity index (χ4n) is 5.78. The molecule has 1 aliphatic carbocycles. The minimum Gasteiger partial charge on any atom is -0.340 e. The Morgan fingerprint density at radius 3 is 2.21 bits per heavy atom. The largest absolute Gasteiger partial charge is 0.340 e. The lowest BCUT2D eigenvalue weighted by Gasteiger charge is -2.11. The SMILES string of the molecule is c1ccc(Cc2ccc(Nc3ncnc4ccc(-c5ccc(CNC6C7CNCC76)cc5)cc34)cc2)cc1. The molecule has 0 amide bonds. The molecule has 2 aliphatic rings. The van der Waals surface area contributed by atoms with Gasteiger partial charge >= 0.3 is 0 Å². The molecule has 1 saturated heterocycles. The third-order valence-corrected chi connectivity index (χ3v) is 8.02. The van der Waals surface area contributed by atoms with Gasteiger partial charge in [0.05, 0.1) is 5.52 Å². The molecule has 2 heterocycles. The van der Waals surface area contributed by atoms with Crippen LogP contribution in [0, 0.1) is 11.8 Å². The second kappa shape index (κ2) is 10.0. The first-order chi connectivity index (χ1) is 18.8. The van der Waals surface area contributed by atoms with Crippen LogP contribution in [0.2, 0.25) is 0 Å². The van der Waals surface area contributed by atoms with Gasteiger partial charge in [0, 0.05) is 23.7 Å². The maximum atomic E-state index is 4.58. The molecule has 5 heteroatoms. The second-order valence-electron chi connectivity index (χ2n) is 10.5. The highest BCUT2D eigenvalue weighted by molar-refractivity contribution is 5.93. The zero-order valence-electron chi connectivity index (χ0n) is 21.3. The molecule has 1 saturated carbocycles. The molecule has 1 aliphatic heterocycles. The number of nitrogens with one attached hydrogen (secondary N) is 3. The van der Waals surface area contributed by atoms with Gasteiger partial charge in [-0.3, -0.25) is 0 Å². The number of aromatic nitrogens is 2. The van der Waals surface area contributed by atoms with Crippen LogP contribution in [0.1, 0.15) is 16.7 Å². The van der Waals surface area contributed by atoms with Crippen LogP contribution in [0.3, 0.4) is 0 Å². The molecule has 0 spiro atoms. The van der Waals surface area contributed by atoms with Crippen LogP contribution < -0.4 is 16.0 Å². The summed E-state index contributed by atoms with van der Waals surface area (Å²) in [5.41, 5.74) is 8.23. The van der Waals surface area contributed by atoms with E-state index in [-0.39, 0.29) is 0 Å². The fourth-order valence-corrected chi connectivity index (χ4v) is 5.78. The van der Waals surface area contributed by atoms with Gasteiger partial charge in [0.2, 0.25) is 0 Å². The van der Waals surface area contributed by atoms with Crippen molar-refractivity contribution >= 4 is 22.4 Å². The Morgan fingerprint density at radius 2 is 1.42 bits per heavy atom. The van der Waals surface area contributed by atoms with Crippen LogP contribution in [0.25, 0.3) is 22.0 Å². The molecule has 0 radical (unpaired) electrons. The third-order valence-electron chi connectivity index (χ3n) is 8.02. The highest BCUT2D eigenvalue weighted by Gasteiger charge is 2.52. The number of hydrogen-bond donors (Lipinski definition) is 3. The lowest BCUT2D eigenvalue weighted by molar-refractivity contribution is 0.566. The zero-order chi connectivity index (χ0) is 25.3. The van der Waals surface area contributed by atoms with E-state index in [1.54, 1.807) is 6.33 Å². The van der Waals surface area contributed by atoms with Crippen molar-refractivity contribution in [3.05, 3.63) is 120 Å². The van der Waals surface area contributed by atoms with Crippen molar-refractivity contribution in [1.82, 2.24) is 20.6 Å². The van der Waals surface area contributed by atoms with Crippen LogP contribution in [0.4, 0.5) is 11.5 Å². The van der Waals surface area contributed by atoms with Crippen molar-refractivity contribution in [1.29, 1.82) is 0 Å². The average molecular weight is 498 g/mol. The Bertz CT molecular complexity index is 1540. The lowest BCUT2D eigenvalue weighted by atomic mass is 10.0. The van der Waals surface area contributed by atoms with E-state index in [0.29, 0.717) is 6.04 Å². The molecule has 2 unspecified atom stereocenters. The molecule has 5 aromatic rings. The number of anilines is 2. The number of hydrogen-bond acceptors (Lipinski definition) is 5. The van der Waals surface area contributed by atoms with Gasteiger partial charge < -0.3 is 16.0 Å². The Balaban J connectivity index is 1.06. The minimum absolute atomic E-state index is 0.697. The standard InChI is InChI=1S/C33H31N5/c1-2-4-22(5-3-1)16-23-8-13-27(14-9-23)38-33-28-17-26(12-15-31(28)36-21-37-33)25-10-6-24(7-11-25)18-35-32-29-19-34-20-30(29)32/h1-15,17,21,29-30,32,34-35H,16,18-20H2,(H,36,37,38). The minimum atomic E-state index is 0.697. The molecule has 2 fully saturated rings. The van der Waals surface area contributed by atoms with Gasteiger partial charge in [0.1, 0.15) is 12.1 Å². The van der Waals surface area contributed by atoms with Crippen molar-refractivity contribution in [2.24, 2.45) is 11.8 Å². The van der Waals surface area contributed by atoms with E-state index in [9.17, 15) is 0 Å². The summed E-state index contributed by atoms with van der Waals surface area (Å²) in [6.45, 7) is 3.27. The Labute approximate surface area is 223 Å². The smallest absolute Gasteiger partial charge is 0.141 e. The van der Waals surface area contributed by atoms with Gasteiger partial charge in [0.15, 0.2) is 0 Å². The van der Waals surface area contributed by atoms with Crippen molar-refractivity contribution in [3.63, 3.8) is 0 Å². The van der Waals surface area contributed by atoms with Crippen LogP contribution in [0.5, 0.6) is 0 Å². The predicted octanol–water partition coefficient (Wildman–Crippen LogP) is 5.94. The molecule has 5 nitrogen and oxygen atoms in total. The molecule has 0 bridgehead atoms. The van der Waals surface area contributed by atoms with E-state index < -0.39 is 0 Å². The van der Waals surface area contributed by atoms with Crippen LogP contribution in [-0.4, -0.2) is 29.1 Å². The zero-order valence-corrected chi connectivity index (χ0v) is 21.3. The predicted molar refractivity (Wildman–Crippen MR) is 154 cm³/mol. The maximum Gasteiger partial charge on any atom is 0.141 e. The summed E-state index contributed by atoms with van der Waals surface area (Å²) in [5, 5.41) is 11.7. The van der Waals surface area contributed by atoms with Gasteiger partial charge in [-0.15, -0.1) is 0 Å². The topological polar surface area (TPSA) is 61.9 Å². The molecule has 188 valence electrons. The van der Waals surface area contributed by atoms with Crippen LogP contribution in [0.15, 0.2) is 103 Å². The van der Waals surface area contributed by atoms with E-state index in [4.69, 9.17) is 0 Å². The Hall–Kier alpha value is -4.06. The first kappa shape index (κ1) is 23.1. The first-order valence-electron chi connectivity index (χ1n) is 13.5. The van der Waals surface area contributed by atoms with E-state index in [2.05, 4.69) is 123 Å². The number of fused-ring (bicyclic) bond motifs is 2. The summed E-state index contributed by atoms with van der Waals surface area (Å²) in [5.74, 6) is 2.49. The molecule has 2 atom stereocenters. The quantitative estimate of drug-likeness (QED) is 0.248. The highest BCUT2D eigenvalue weighted by atomic mass is 15.1. The third kappa shape index (κ3) is 4.78. The molecule has 7 rings (SSSR count). The molecular formula is C33H31N5. The summed E-state index contributed by atoms with van der Waals surface area (Å²) in [6, 6.07) is 35.2. The number of benzene rings is 4. The van der Waals surface area contributed by atoms with Crippen LogP contribution in [-0.2, 0) is 13.0 Å². The van der Waals surface area contributed by atoms with Gasteiger partial charge in [0.25, 0.3) is 0 Å². The summed E-state index contributed by atoms with van der Waals surface area (Å²) in [6.07, 6.45) is 2.55. The lowest BCUT2D eigenvalue weighted by Crippen LogP contribution is -2.27. The van der Waals surface area contributed by atoms with Gasteiger partial charge in [-0.05, 0) is 83.4 Å². The van der Waals surface area contributed by atoms with Gasteiger partial charge in [-0.25, -0.2) is 9.97 Å². The summed E-state index contributed by atoms with van der Waals surface area (Å²) < 4.78 is 0. The summed E-state index contributed by atoms with van der Waals surface area (Å²) in [4.78, 5) is 9.08. The monoisotopic (exact) mass is 497 g/mol. The molecule has 3 N–H and O–H groups in total. The van der Waals surface area contributed by atoms with Gasteiger partial charge in [-0.2, -0.15) is 0 Å². The number of nitrogens with zero attached hydrogens (tertiary/aromatic N) is 2. The fraction of sp³-hybridized carbons (Fsp3) is 0.212. The molecular weight excluding hydrogens is 466 g/mol. The Kier molecular flexibility index (Phi) is 6.08. The van der Waals surface area contributed by atoms with E-state index in [1.807, 2.05) is 0 Å². The summed E-state index contributed by atoms with van der Waals surface area (Å²) >= 11 is 0. The Morgan fingerprint density at radius 1 is 0.711 bits per heavy atom. The normalized spacial score (nSPS) is 19.8. The first-order valence-corrected chi connectivity index (χ1v) is 13.5. The van der Waals surface area contributed by atoms with Crippen molar-refractivity contribution in [2.45, 2.75) is 19.0 Å². The average Bonchev–Trinajstić information content (AvgIpc) is 3.39. The van der Waals surface area contributed by atoms with Gasteiger partial charge in [-0.1, -0.05) is 72.8 Å². The number of piperidine rings is 1. The second-order valence-corrected chi connectivity index (χ2v) is 10.5. The molecule has 1 aromatic heterocycles. The van der Waals surface area contributed by atoms with E-state index in [0.717, 1.165) is 52.8 Å². The number of rotatable bonds is 8. The maximum absolute atomic E-state index is 4.58.